The van der Waals surface area contributed by atoms with Gasteiger partial charge in [-0.1, -0.05) is 45.3 Å². The van der Waals surface area contributed by atoms with E-state index in [1.165, 1.54) is 25.7 Å². The lowest BCUT2D eigenvalue weighted by molar-refractivity contribution is 0.160. The molecule has 84 valence electrons. The summed E-state index contributed by atoms with van der Waals surface area (Å²) in [6.07, 6.45) is 10.0. The largest absolute Gasteiger partial charge is 0.393 e. The van der Waals surface area contributed by atoms with Crippen LogP contribution < -0.4 is 0 Å². The molecule has 0 amide bonds. The van der Waals surface area contributed by atoms with Crippen LogP contribution in [-0.4, -0.2) is 11.2 Å². The maximum absolute atomic E-state index is 9.47. The highest BCUT2D eigenvalue weighted by molar-refractivity contribution is 5.01. The minimum absolute atomic E-state index is 0.100. The number of unbranched alkanes of at least 4 members (excludes halogenated alkanes) is 1. The molecule has 0 fully saturated rings. The Morgan fingerprint density at radius 2 is 1.86 bits per heavy atom. The first kappa shape index (κ1) is 13.7. The van der Waals surface area contributed by atoms with E-state index in [1.54, 1.807) is 5.57 Å². The zero-order valence-corrected chi connectivity index (χ0v) is 10.1. The van der Waals surface area contributed by atoms with Gasteiger partial charge in [-0.15, -0.1) is 0 Å². The first-order valence-corrected chi connectivity index (χ1v) is 6.10. The van der Waals surface area contributed by atoms with Crippen LogP contribution in [0.25, 0.3) is 0 Å². The molecule has 0 radical (unpaired) electrons. The van der Waals surface area contributed by atoms with Crippen LogP contribution in [0, 0.1) is 0 Å². The van der Waals surface area contributed by atoms with Gasteiger partial charge in [0.1, 0.15) is 0 Å². The van der Waals surface area contributed by atoms with Crippen molar-refractivity contribution in [3.63, 3.8) is 0 Å². The number of allylic oxidation sites excluding steroid dienone is 2. The Morgan fingerprint density at radius 3 is 2.36 bits per heavy atom. The minimum Gasteiger partial charge on any atom is -0.393 e. The number of hydrogen-bond donors (Lipinski definition) is 1. The molecule has 0 aromatic rings. The summed E-state index contributed by atoms with van der Waals surface area (Å²) in [5.41, 5.74) is 1.54. The zero-order valence-electron chi connectivity index (χ0n) is 10.1. The summed E-state index contributed by atoms with van der Waals surface area (Å²) in [4.78, 5) is 0. The molecule has 0 saturated heterocycles. The van der Waals surface area contributed by atoms with Crippen molar-refractivity contribution in [2.75, 3.05) is 0 Å². The van der Waals surface area contributed by atoms with E-state index in [4.69, 9.17) is 0 Å². The Hall–Kier alpha value is -0.300. The zero-order chi connectivity index (χ0) is 10.8. The fourth-order valence-corrected chi connectivity index (χ4v) is 1.55. The monoisotopic (exact) mass is 198 g/mol. The van der Waals surface area contributed by atoms with E-state index in [1.807, 2.05) is 6.92 Å². The molecule has 0 aliphatic heterocycles. The number of rotatable bonds is 8. The van der Waals surface area contributed by atoms with Gasteiger partial charge >= 0.3 is 0 Å². The highest BCUT2D eigenvalue weighted by Crippen LogP contribution is 2.16. The van der Waals surface area contributed by atoms with Gasteiger partial charge in [0.15, 0.2) is 0 Å². The van der Waals surface area contributed by atoms with Crippen LogP contribution >= 0.6 is 0 Å². The Labute approximate surface area is 89.2 Å². The topological polar surface area (TPSA) is 20.2 Å². The minimum atomic E-state index is -0.100. The normalized spacial score (nSPS) is 14.4. The molecule has 0 saturated carbocycles. The van der Waals surface area contributed by atoms with Crippen LogP contribution in [0.3, 0.4) is 0 Å². The van der Waals surface area contributed by atoms with Gasteiger partial charge in [-0.05, 0) is 32.1 Å². The predicted octanol–water partition coefficient (Wildman–Crippen LogP) is 4.06. The predicted molar refractivity (Wildman–Crippen MR) is 63.4 cm³/mol. The van der Waals surface area contributed by atoms with Gasteiger partial charge in [-0.3, -0.25) is 0 Å². The van der Waals surface area contributed by atoms with E-state index in [0.717, 1.165) is 19.3 Å². The van der Waals surface area contributed by atoms with E-state index in [2.05, 4.69) is 19.9 Å². The molecule has 0 heterocycles. The van der Waals surface area contributed by atoms with E-state index < -0.39 is 0 Å². The summed E-state index contributed by atoms with van der Waals surface area (Å²) >= 11 is 0. The molecular weight excluding hydrogens is 172 g/mol. The van der Waals surface area contributed by atoms with Gasteiger partial charge in [0.2, 0.25) is 0 Å². The summed E-state index contributed by atoms with van der Waals surface area (Å²) in [5, 5.41) is 9.47. The van der Waals surface area contributed by atoms with Crippen molar-refractivity contribution in [3.8, 4) is 0 Å². The average Bonchev–Trinajstić information content (AvgIpc) is 2.21. The molecule has 1 N–H and O–H groups in total. The third-order valence-electron chi connectivity index (χ3n) is 2.56. The van der Waals surface area contributed by atoms with E-state index >= 15 is 0 Å². The first-order valence-electron chi connectivity index (χ1n) is 6.10. The summed E-state index contributed by atoms with van der Waals surface area (Å²) in [7, 11) is 0. The van der Waals surface area contributed by atoms with Gasteiger partial charge in [0, 0.05) is 0 Å². The summed E-state index contributed by atoms with van der Waals surface area (Å²) in [6.45, 7) is 6.47. The quantitative estimate of drug-likeness (QED) is 0.583. The van der Waals surface area contributed by atoms with Crippen LogP contribution in [0.1, 0.15) is 65.7 Å². The van der Waals surface area contributed by atoms with Crippen molar-refractivity contribution in [1.29, 1.82) is 0 Å². The van der Waals surface area contributed by atoms with Crippen molar-refractivity contribution in [2.24, 2.45) is 0 Å². The Morgan fingerprint density at radius 1 is 1.14 bits per heavy atom. The third-order valence-corrected chi connectivity index (χ3v) is 2.56. The van der Waals surface area contributed by atoms with Crippen LogP contribution in [0.4, 0.5) is 0 Å². The Balaban J connectivity index is 3.83. The van der Waals surface area contributed by atoms with Gasteiger partial charge in [0.25, 0.3) is 0 Å². The maximum atomic E-state index is 9.47. The van der Waals surface area contributed by atoms with Gasteiger partial charge in [-0.25, -0.2) is 0 Å². The molecule has 1 nitrogen and oxygen atoms in total. The van der Waals surface area contributed by atoms with Crippen LogP contribution in [-0.2, 0) is 0 Å². The number of aliphatic hydroxyl groups is 1. The number of hydrogen-bond acceptors (Lipinski definition) is 1. The molecule has 0 aliphatic rings. The standard InChI is InChI=1S/C13H26O/c1-4-7-9-12(8-5-2)10-11-13(14)6-3/h9,13-14H,4-8,10-11H2,1-3H3. The Kier molecular flexibility index (Phi) is 9.06. The lowest BCUT2D eigenvalue weighted by Crippen LogP contribution is -2.04. The molecule has 0 aromatic carbocycles. The van der Waals surface area contributed by atoms with Crippen molar-refractivity contribution in [2.45, 2.75) is 71.8 Å². The molecule has 0 rings (SSSR count). The molecule has 0 bridgehead atoms. The van der Waals surface area contributed by atoms with Gasteiger partial charge < -0.3 is 5.11 Å². The molecule has 0 spiro atoms. The molecule has 1 unspecified atom stereocenters. The van der Waals surface area contributed by atoms with Crippen LogP contribution in [0.2, 0.25) is 0 Å². The smallest absolute Gasteiger partial charge is 0.0540 e. The van der Waals surface area contributed by atoms with Crippen LogP contribution in [0.15, 0.2) is 11.6 Å². The molecule has 0 aromatic heterocycles. The lowest BCUT2D eigenvalue weighted by Gasteiger charge is -2.10. The fraction of sp³-hybridized carbons (Fsp3) is 0.846. The van der Waals surface area contributed by atoms with E-state index in [9.17, 15) is 5.11 Å². The van der Waals surface area contributed by atoms with E-state index in [0.29, 0.717) is 0 Å². The van der Waals surface area contributed by atoms with Crippen molar-refractivity contribution < 1.29 is 5.11 Å². The first-order chi connectivity index (χ1) is 6.74. The van der Waals surface area contributed by atoms with E-state index in [-0.39, 0.29) is 6.10 Å². The second kappa shape index (κ2) is 9.26. The van der Waals surface area contributed by atoms with Crippen molar-refractivity contribution in [3.05, 3.63) is 11.6 Å². The highest BCUT2D eigenvalue weighted by atomic mass is 16.3. The number of aliphatic hydroxyl groups excluding tert-OH is 1. The highest BCUT2D eigenvalue weighted by Gasteiger charge is 2.02. The van der Waals surface area contributed by atoms with Crippen molar-refractivity contribution >= 4 is 0 Å². The maximum Gasteiger partial charge on any atom is 0.0540 e. The van der Waals surface area contributed by atoms with Gasteiger partial charge in [0.05, 0.1) is 6.10 Å². The summed E-state index contributed by atoms with van der Waals surface area (Å²) in [5.74, 6) is 0. The molecular formula is C13H26O. The average molecular weight is 198 g/mol. The molecule has 1 heteroatoms. The molecule has 14 heavy (non-hydrogen) atoms. The lowest BCUT2D eigenvalue weighted by atomic mass is 10.0. The molecule has 0 aliphatic carbocycles. The fourth-order valence-electron chi connectivity index (χ4n) is 1.55. The molecule has 1 atom stereocenters. The second-order valence-corrected chi connectivity index (χ2v) is 4.00. The second-order valence-electron chi connectivity index (χ2n) is 4.00. The van der Waals surface area contributed by atoms with Crippen molar-refractivity contribution in [1.82, 2.24) is 0 Å². The third kappa shape index (κ3) is 7.14. The summed E-state index contributed by atoms with van der Waals surface area (Å²) < 4.78 is 0. The Bertz CT molecular complexity index is 149. The SMILES string of the molecule is CCCC=C(CCC)CCC(O)CC. The van der Waals surface area contributed by atoms with Crippen LogP contribution in [0.5, 0.6) is 0 Å². The van der Waals surface area contributed by atoms with Gasteiger partial charge in [-0.2, -0.15) is 0 Å². The summed E-state index contributed by atoms with van der Waals surface area (Å²) in [6, 6.07) is 0.